The second-order valence-electron chi connectivity index (χ2n) is 3.46. The third-order valence-corrected chi connectivity index (χ3v) is 1.66. The standard InChI is InChI=1S/C10H16N2O4/c1-4-5-7(13)16-8(6(2)3)9(14)12-10(11)15/h4-6,8H,1-3H3,(H3,11,12,14,15)/b5-4+/t8-/m0/s1. The quantitative estimate of drug-likeness (QED) is 0.535. The fourth-order valence-electron chi connectivity index (χ4n) is 0.985. The number of urea groups is 1. The molecule has 0 fully saturated rings. The Labute approximate surface area is 93.8 Å². The van der Waals surface area contributed by atoms with Crippen LogP contribution < -0.4 is 11.1 Å². The summed E-state index contributed by atoms with van der Waals surface area (Å²) in [7, 11) is 0. The lowest BCUT2D eigenvalue weighted by Gasteiger charge is -2.18. The molecule has 0 bridgehead atoms. The first-order chi connectivity index (χ1) is 7.38. The van der Waals surface area contributed by atoms with Crippen molar-refractivity contribution in [2.75, 3.05) is 0 Å². The highest BCUT2D eigenvalue weighted by Crippen LogP contribution is 2.07. The maximum atomic E-state index is 11.4. The van der Waals surface area contributed by atoms with Gasteiger partial charge in [-0.1, -0.05) is 19.9 Å². The van der Waals surface area contributed by atoms with E-state index >= 15 is 0 Å². The molecular formula is C10H16N2O4. The van der Waals surface area contributed by atoms with Crippen molar-refractivity contribution in [2.45, 2.75) is 26.9 Å². The number of imide groups is 1. The molecule has 1 atom stereocenters. The molecule has 90 valence electrons. The molecule has 0 rings (SSSR count). The zero-order valence-corrected chi connectivity index (χ0v) is 9.52. The van der Waals surface area contributed by atoms with Gasteiger partial charge < -0.3 is 10.5 Å². The van der Waals surface area contributed by atoms with Crippen LogP contribution in [-0.2, 0) is 14.3 Å². The Morgan fingerprint density at radius 3 is 2.25 bits per heavy atom. The smallest absolute Gasteiger partial charge is 0.331 e. The van der Waals surface area contributed by atoms with E-state index < -0.39 is 24.0 Å². The molecular weight excluding hydrogens is 212 g/mol. The van der Waals surface area contributed by atoms with Gasteiger partial charge in [-0.3, -0.25) is 10.1 Å². The first-order valence-corrected chi connectivity index (χ1v) is 4.82. The van der Waals surface area contributed by atoms with Crippen molar-refractivity contribution in [3.63, 3.8) is 0 Å². The number of nitrogens with one attached hydrogen (secondary N) is 1. The van der Waals surface area contributed by atoms with Gasteiger partial charge in [0.1, 0.15) is 0 Å². The Bertz CT molecular complexity index is 310. The fourth-order valence-corrected chi connectivity index (χ4v) is 0.985. The molecule has 0 unspecified atom stereocenters. The SMILES string of the molecule is C/C=C/C(=O)O[C@H](C(=O)NC(N)=O)C(C)C. The topological polar surface area (TPSA) is 98.5 Å². The lowest BCUT2D eigenvalue weighted by atomic mass is 10.1. The summed E-state index contributed by atoms with van der Waals surface area (Å²) in [5.74, 6) is -1.62. The summed E-state index contributed by atoms with van der Waals surface area (Å²) in [4.78, 5) is 33.0. The number of allylic oxidation sites excluding steroid dienone is 1. The number of carbonyl (C=O) groups is 3. The van der Waals surface area contributed by atoms with Gasteiger partial charge >= 0.3 is 12.0 Å². The molecule has 3 amide bonds. The second kappa shape index (κ2) is 6.60. The Morgan fingerprint density at radius 1 is 1.31 bits per heavy atom. The van der Waals surface area contributed by atoms with Crippen LogP contribution >= 0.6 is 0 Å². The zero-order chi connectivity index (χ0) is 12.7. The van der Waals surface area contributed by atoms with Crippen LogP contribution in [0.4, 0.5) is 4.79 Å². The highest BCUT2D eigenvalue weighted by molar-refractivity contribution is 5.97. The Hall–Kier alpha value is -1.85. The van der Waals surface area contributed by atoms with Gasteiger partial charge in [-0.2, -0.15) is 0 Å². The lowest BCUT2D eigenvalue weighted by Crippen LogP contribution is -2.45. The van der Waals surface area contributed by atoms with Gasteiger partial charge in [-0.15, -0.1) is 0 Å². The molecule has 16 heavy (non-hydrogen) atoms. The zero-order valence-electron chi connectivity index (χ0n) is 9.52. The van der Waals surface area contributed by atoms with Crippen LogP contribution in [0.5, 0.6) is 0 Å². The predicted octanol–water partition coefficient (Wildman–Crippen LogP) is 0.325. The molecule has 0 aliphatic rings. The number of nitrogens with two attached hydrogens (primary N) is 1. The largest absolute Gasteiger partial charge is 0.449 e. The summed E-state index contributed by atoms with van der Waals surface area (Å²) < 4.78 is 4.87. The number of esters is 1. The van der Waals surface area contributed by atoms with E-state index in [4.69, 9.17) is 10.5 Å². The number of carbonyl (C=O) groups excluding carboxylic acids is 3. The Balaban J connectivity index is 4.55. The minimum atomic E-state index is -1.03. The number of hydrogen-bond acceptors (Lipinski definition) is 4. The van der Waals surface area contributed by atoms with E-state index in [2.05, 4.69) is 0 Å². The van der Waals surface area contributed by atoms with Crippen molar-refractivity contribution in [3.05, 3.63) is 12.2 Å². The molecule has 0 spiro atoms. The van der Waals surface area contributed by atoms with Gasteiger partial charge in [0.25, 0.3) is 5.91 Å². The molecule has 6 heteroatoms. The van der Waals surface area contributed by atoms with Gasteiger partial charge in [0.15, 0.2) is 6.10 Å². The summed E-state index contributed by atoms with van der Waals surface area (Å²) >= 11 is 0. The van der Waals surface area contributed by atoms with Crippen LogP contribution in [0.25, 0.3) is 0 Å². The van der Waals surface area contributed by atoms with Crippen molar-refractivity contribution < 1.29 is 19.1 Å². The van der Waals surface area contributed by atoms with E-state index in [1.54, 1.807) is 20.8 Å². The van der Waals surface area contributed by atoms with Crippen molar-refractivity contribution in [1.29, 1.82) is 0 Å². The fraction of sp³-hybridized carbons (Fsp3) is 0.500. The molecule has 6 nitrogen and oxygen atoms in total. The maximum Gasteiger partial charge on any atom is 0.331 e. The van der Waals surface area contributed by atoms with Crippen LogP contribution in [0.3, 0.4) is 0 Å². The Kier molecular flexibility index (Phi) is 5.84. The number of primary amides is 1. The van der Waals surface area contributed by atoms with Gasteiger partial charge in [-0.05, 0) is 12.8 Å². The molecule has 0 aromatic carbocycles. The van der Waals surface area contributed by atoms with Crippen LogP contribution in [0.2, 0.25) is 0 Å². The van der Waals surface area contributed by atoms with Crippen LogP contribution in [-0.4, -0.2) is 24.0 Å². The molecule has 0 aliphatic heterocycles. The molecule has 0 heterocycles. The van der Waals surface area contributed by atoms with Crippen molar-refractivity contribution in [1.82, 2.24) is 5.32 Å². The third kappa shape index (κ3) is 5.14. The number of ether oxygens (including phenoxy) is 1. The summed E-state index contributed by atoms with van der Waals surface area (Å²) in [6, 6.07) is -0.974. The maximum absolute atomic E-state index is 11.4. The average Bonchev–Trinajstić information content (AvgIpc) is 2.12. The van der Waals surface area contributed by atoms with Crippen molar-refractivity contribution >= 4 is 17.9 Å². The second-order valence-corrected chi connectivity index (χ2v) is 3.46. The first-order valence-electron chi connectivity index (χ1n) is 4.82. The van der Waals surface area contributed by atoms with Gasteiger partial charge in [0.2, 0.25) is 0 Å². The summed E-state index contributed by atoms with van der Waals surface area (Å²) in [6.07, 6.45) is 1.65. The van der Waals surface area contributed by atoms with Crippen LogP contribution in [0.15, 0.2) is 12.2 Å². The van der Waals surface area contributed by atoms with Crippen molar-refractivity contribution in [3.8, 4) is 0 Å². The van der Waals surface area contributed by atoms with E-state index in [9.17, 15) is 14.4 Å². The Morgan fingerprint density at radius 2 is 1.88 bits per heavy atom. The lowest BCUT2D eigenvalue weighted by molar-refractivity contribution is -0.153. The highest BCUT2D eigenvalue weighted by atomic mass is 16.5. The molecule has 0 aromatic heterocycles. The average molecular weight is 228 g/mol. The van der Waals surface area contributed by atoms with Crippen LogP contribution in [0, 0.1) is 5.92 Å². The van der Waals surface area contributed by atoms with E-state index in [-0.39, 0.29) is 5.92 Å². The van der Waals surface area contributed by atoms with E-state index in [0.717, 1.165) is 0 Å². The number of rotatable bonds is 4. The molecule has 0 aromatic rings. The van der Waals surface area contributed by atoms with Gasteiger partial charge in [0, 0.05) is 6.08 Å². The van der Waals surface area contributed by atoms with E-state index in [1.165, 1.54) is 12.2 Å². The third-order valence-electron chi connectivity index (χ3n) is 1.66. The molecule has 0 radical (unpaired) electrons. The summed E-state index contributed by atoms with van der Waals surface area (Å²) in [5.41, 5.74) is 4.80. The van der Waals surface area contributed by atoms with Crippen LogP contribution in [0.1, 0.15) is 20.8 Å². The van der Waals surface area contributed by atoms with E-state index in [1.807, 2.05) is 5.32 Å². The number of hydrogen-bond donors (Lipinski definition) is 2. The summed E-state index contributed by atoms with van der Waals surface area (Å²) in [6.45, 7) is 5.03. The van der Waals surface area contributed by atoms with E-state index in [0.29, 0.717) is 0 Å². The molecule has 3 N–H and O–H groups in total. The minimum Gasteiger partial charge on any atom is -0.449 e. The molecule has 0 saturated carbocycles. The first kappa shape index (κ1) is 14.2. The predicted molar refractivity (Wildman–Crippen MR) is 57.3 cm³/mol. The minimum absolute atomic E-state index is 0.256. The molecule has 0 aliphatic carbocycles. The van der Waals surface area contributed by atoms with Crippen molar-refractivity contribution in [2.24, 2.45) is 11.7 Å². The summed E-state index contributed by atoms with van der Waals surface area (Å²) in [5, 5.41) is 1.87. The highest BCUT2D eigenvalue weighted by Gasteiger charge is 2.26. The molecule has 0 saturated heterocycles. The number of amides is 3. The normalized spacial score (nSPS) is 12.5. The van der Waals surface area contributed by atoms with Gasteiger partial charge in [-0.25, -0.2) is 9.59 Å². The monoisotopic (exact) mass is 228 g/mol. The van der Waals surface area contributed by atoms with Gasteiger partial charge in [0.05, 0.1) is 0 Å².